The van der Waals surface area contributed by atoms with Gasteiger partial charge in [0, 0.05) is 11.4 Å². The van der Waals surface area contributed by atoms with Gasteiger partial charge in [0.15, 0.2) is 0 Å². The van der Waals surface area contributed by atoms with Crippen molar-refractivity contribution in [3.63, 3.8) is 0 Å². The van der Waals surface area contributed by atoms with Gasteiger partial charge in [0.2, 0.25) is 0 Å². The highest BCUT2D eigenvalue weighted by atomic mass is 19.1. The number of ether oxygens (including phenoxy) is 1. The number of carbonyl (C=O) groups excluding carboxylic acids is 4. The summed E-state index contributed by atoms with van der Waals surface area (Å²) in [6.07, 6.45) is 0. The zero-order valence-electron chi connectivity index (χ0n) is 17.0. The van der Waals surface area contributed by atoms with Gasteiger partial charge in [-0.05, 0) is 66.2 Å². The number of benzene rings is 3. The first-order valence-corrected chi connectivity index (χ1v) is 9.74. The maximum absolute atomic E-state index is 13.0. The Morgan fingerprint density at radius 2 is 1.52 bits per heavy atom. The van der Waals surface area contributed by atoms with Crippen molar-refractivity contribution < 1.29 is 28.3 Å². The maximum Gasteiger partial charge on any atom is 0.331 e. The number of rotatable bonds is 6. The highest BCUT2D eigenvalue weighted by molar-refractivity contribution is 6.44. The first-order chi connectivity index (χ1) is 15.9. The third kappa shape index (κ3) is 5.31. The topological polar surface area (TPSA) is 117 Å². The van der Waals surface area contributed by atoms with E-state index in [9.17, 15) is 23.6 Å². The van der Waals surface area contributed by atoms with Crippen molar-refractivity contribution in [2.24, 2.45) is 0 Å². The molecule has 6 amide bonds. The summed E-state index contributed by atoms with van der Waals surface area (Å²) in [6.45, 7) is -0.108. The van der Waals surface area contributed by atoms with Crippen LogP contribution in [0, 0.1) is 5.82 Å². The highest BCUT2D eigenvalue weighted by Gasteiger charge is 2.36. The van der Waals surface area contributed by atoms with Crippen molar-refractivity contribution in [2.75, 3.05) is 10.6 Å². The summed E-state index contributed by atoms with van der Waals surface area (Å²) in [4.78, 5) is 47.8. The largest absolute Gasteiger partial charge is 0.457 e. The first-order valence-electron chi connectivity index (χ1n) is 9.74. The zero-order valence-corrected chi connectivity index (χ0v) is 17.0. The lowest BCUT2D eigenvalue weighted by molar-refractivity contribution is -0.140. The van der Waals surface area contributed by atoms with E-state index in [-0.39, 0.29) is 12.4 Å². The Morgan fingerprint density at radius 1 is 0.879 bits per heavy atom. The molecule has 3 N–H and O–H groups in total. The van der Waals surface area contributed by atoms with E-state index in [1.807, 2.05) is 5.32 Å². The molecule has 3 aromatic carbocycles. The Kier molecular flexibility index (Phi) is 5.98. The Morgan fingerprint density at radius 3 is 2.15 bits per heavy atom. The van der Waals surface area contributed by atoms with Crippen molar-refractivity contribution in [1.29, 1.82) is 0 Å². The average molecular weight is 448 g/mol. The SMILES string of the molecule is O=C(Nc1ccc(Oc2ccc(F)cc2)cc1)Nc1cccc(CN2C(=O)NC(=O)C2=O)c1. The summed E-state index contributed by atoms with van der Waals surface area (Å²) >= 11 is 0. The van der Waals surface area contributed by atoms with Crippen LogP contribution in [0.25, 0.3) is 0 Å². The quantitative estimate of drug-likeness (QED) is 0.391. The number of nitrogens with zero attached hydrogens (tertiary/aromatic N) is 1. The van der Waals surface area contributed by atoms with Crippen molar-refractivity contribution in [2.45, 2.75) is 6.54 Å². The molecule has 10 heteroatoms. The van der Waals surface area contributed by atoms with E-state index >= 15 is 0 Å². The summed E-state index contributed by atoms with van der Waals surface area (Å²) in [7, 11) is 0. The molecule has 0 bridgehead atoms. The van der Waals surface area contributed by atoms with Gasteiger partial charge in [0.25, 0.3) is 0 Å². The average Bonchev–Trinajstić information content (AvgIpc) is 3.03. The molecular formula is C23H17FN4O5. The normalized spacial score (nSPS) is 13.0. The molecule has 3 aromatic rings. The number of nitrogens with one attached hydrogen (secondary N) is 3. The number of hydrogen-bond acceptors (Lipinski definition) is 5. The minimum absolute atomic E-state index is 0.108. The molecule has 4 rings (SSSR count). The van der Waals surface area contributed by atoms with Crippen molar-refractivity contribution >= 4 is 35.3 Å². The second-order valence-electron chi connectivity index (χ2n) is 7.01. The molecule has 166 valence electrons. The monoisotopic (exact) mass is 448 g/mol. The molecule has 0 radical (unpaired) electrons. The van der Waals surface area contributed by atoms with Crippen LogP contribution in [0.15, 0.2) is 72.8 Å². The number of hydrogen-bond donors (Lipinski definition) is 3. The third-order valence-electron chi connectivity index (χ3n) is 4.59. The first kappa shape index (κ1) is 21.5. The van der Waals surface area contributed by atoms with Gasteiger partial charge in [-0.1, -0.05) is 12.1 Å². The zero-order chi connectivity index (χ0) is 23.4. The van der Waals surface area contributed by atoms with Gasteiger partial charge < -0.3 is 15.4 Å². The molecule has 0 aromatic heterocycles. The van der Waals surface area contributed by atoms with Crippen LogP contribution in [0.1, 0.15) is 5.56 Å². The number of imide groups is 2. The van der Waals surface area contributed by atoms with E-state index in [1.165, 1.54) is 24.3 Å². The van der Waals surface area contributed by atoms with Crippen molar-refractivity contribution in [3.8, 4) is 11.5 Å². The van der Waals surface area contributed by atoms with E-state index in [0.717, 1.165) is 4.90 Å². The highest BCUT2D eigenvalue weighted by Crippen LogP contribution is 2.23. The van der Waals surface area contributed by atoms with Crippen molar-refractivity contribution in [1.82, 2.24) is 10.2 Å². The Bertz CT molecular complexity index is 1230. The molecule has 0 unspecified atom stereocenters. The molecule has 1 aliphatic rings. The number of halogens is 1. The molecule has 0 spiro atoms. The van der Waals surface area contributed by atoms with Gasteiger partial charge in [-0.15, -0.1) is 0 Å². The lowest BCUT2D eigenvalue weighted by Gasteiger charge is -2.13. The summed E-state index contributed by atoms with van der Waals surface area (Å²) in [6, 6.07) is 17.4. The van der Waals surface area contributed by atoms with Gasteiger partial charge >= 0.3 is 23.9 Å². The van der Waals surface area contributed by atoms with Crippen LogP contribution in [-0.2, 0) is 16.1 Å². The number of amides is 6. The van der Waals surface area contributed by atoms with Crippen LogP contribution in [0.2, 0.25) is 0 Å². The predicted octanol–water partition coefficient (Wildman–Crippen LogP) is 3.84. The fourth-order valence-corrected chi connectivity index (χ4v) is 3.04. The molecule has 1 heterocycles. The fourth-order valence-electron chi connectivity index (χ4n) is 3.04. The molecule has 0 aliphatic carbocycles. The Balaban J connectivity index is 1.33. The predicted molar refractivity (Wildman–Crippen MR) is 116 cm³/mol. The number of urea groups is 2. The van der Waals surface area contributed by atoms with Gasteiger partial charge in [-0.2, -0.15) is 0 Å². The van der Waals surface area contributed by atoms with Gasteiger partial charge in [-0.25, -0.2) is 14.0 Å². The second-order valence-corrected chi connectivity index (χ2v) is 7.01. The van der Waals surface area contributed by atoms with Gasteiger partial charge in [0.1, 0.15) is 17.3 Å². The van der Waals surface area contributed by atoms with E-state index in [2.05, 4.69) is 10.6 Å². The molecule has 33 heavy (non-hydrogen) atoms. The maximum atomic E-state index is 13.0. The number of carbonyl (C=O) groups is 4. The Hall–Kier alpha value is -4.73. The van der Waals surface area contributed by atoms with Crippen LogP contribution >= 0.6 is 0 Å². The minimum atomic E-state index is -0.970. The molecule has 9 nitrogen and oxygen atoms in total. The second kappa shape index (κ2) is 9.18. The van der Waals surface area contributed by atoms with Crippen LogP contribution in [0.4, 0.5) is 25.4 Å². The lowest BCUT2D eigenvalue weighted by Crippen LogP contribution is -2.30. The smallest absolute Gasteiger partial charge is 0.331 e. The fraction of sp³-hybridized carbons (Fsp3) is 0.0435. The number of anilines is 2. The van der Waals surface area contributed by atoms with E-state index < -0.39 is 23.9 Å². The molecule has 0 atom stereocenters. The van der Waals surface area contributed by atoms with Crippen LogP contribution in [-0.4, -0.2) is 28.8 Å². The molecule has 1 fully saturated rings. The van der Waals surface area contributed by atoms with Crippen LogP contribution in [0.3, 0.4) is 0 Å². The minimum Gasteiger partial charge on any atom is -0.457 e. The summed E-state index contributed by atoms with van der Waals surface area (Å²) < 4.78 is 18.6. The molecular weight excluding hydrogens is 431 g/mol. The summed E-state index contributed by atoms with van der Waals surface area (Å²) in [5, 5.41) is 7.26. The molecule has 1 aliphatic heterocycles. The van der Waals surface area contributed by atoms with E-state index in [1.54, 1.807) is 48.5 Å². The Labute approximate surface area is 187 Å². The standard InChI is InChI=1S/C23H17FN4O5/c24-15-4-8-18(9-5-15)33-19-10-6-16(7-11-19)25-22(31)26-17-3-1-2-14(12-17)13-28-21(30)20(29)27-23(28)32/h1-12H,13H2,(H2,25,26,31)(H,27,29,32). The third-order valence-corrected chi connectivity index (χ3v) is 4.59. The van der Waals surface area contributed by atoms with Gasteiger partial charge in [0.05, 0.1) is 6.54 Å². The van der Waals surface area contributed by atoms with Crippen LogP contribution < -0.4 is 20.7 Å². The summed E-state index contributed by atoms with van der Waals surface area (Å²) in [5.41, 5.74) is 1.49. The molecule has 0 saturated carbocycles. The lowest BCUT2D eigenvalue weighted by atomic mass is 10.2. The summed E-state index contributed by atoms with van der Waals surface area (Å²) in [5.74, 6) is -1.26. The van der Waals surface area contributed by atoms with Gasteiger partial charge in [-0.3, -0.25) is 19.8 Å². The van der Waals surface area contributed by atoms with Crippen molar-refractivity contribution in [3.05, 3.63) is 84.2 Å². The van der Waals surface area contributed by atoms with E-state index in [0.29, 0.717) is 28.4 Å². The van der Waals surface area contributed by atoms with Crippen LogP contribution in [0.5, 0.6) is 11.5 Å². The molecule has 1 saturated heterocycles. The van der Waals surface area contributed by atoms with E-state index in [4.69, 9.17) is 4.74 Å².